The molecule has 3 aliphatic rings. The second kappa shape index (κ2) is 7.03. The molecule has 2 fully saturated rings. The third-order valence-electron chi connectivity index (χ3n) is 6.08. The summed E-state index contributed by atoms with van der Waals surface area (Å²) >= 11 is 3.46. The highest BCUT2D eigenvalue weighted by atomic mass is 79.9. The van der Waals surface area contributed by atoms with Crippen molar-refractivity contribution in [2.45, 2.75) is 44.2 Å². The monoisotopic (exact) mass is 514 g/mol. The number of hydrogen-bond acceptors (Lipinski definition) is 9. The SMILES string of the molecule is CC1(C)O[C@@H]2[C@H](O1)[C@@H](CN1C(=O)c3ccccc3C1=O)O[C@H]2n1c(Br)nc2c(N)ncnc21. The maximum atomic E-state index is 12.9. The number of benzene rings is 1. The summed E-state index contributed by atoms with van der Waals surface area (Å²) in [6, 6.07) is 6.76. The Morgan fingerprint density at radius 2 is 1.76 bits per heavy atom. The number of hydrogen-bond donors (Lipinski definition) is 1. The first-order valence-electron chi connectivity index (χ1n) is 10.4. The van der Waals surface area contributed by atoms with Gasteiger partial charge in [-0.15, -0.1) is 0 Å². The van der Waals surface area contributed by atoms with Gasteiger partial charge in [-0.3, -0.25) is 19.1 Å². The van der Waals surface area contributed by atoms with Crippen LogP contribution >= 0.6 is 15.9 Å². The number of ether oxygens (including phenoxy) is 3. The van der Waals surface area contributed by atoms with Crippen LogP contribution in [0.25, 0.3) is 11.2 Å². The maximum Gasteiger partial charge on any atom is 0.261 e. The molecule has 12 heteroatoms. The van der Waals surface area contributed by atoms with Gasteiger partial charge in [0, 0.05) is 0 Å². The third kappa shape index (κ3) is 3.01. The zero-order valence-corrected chi connectivity index (χ0v) is 19.2. The van der Waals surface area contributed by atoms with Crippen LogP contribution in [0.2, 0.25) is 0 Å². The number of imide groups is 1. The number of amides is 2. The normalized spacial score (nSPS) is 28.0. The highest BCUT2D eigenvalue weighted by Crippen LogP contribution is 2.45. The number of fused-ring (bicyclic) bond motifs is 3. The van der Waals surface area contributed by atoms with E-state index in [-0.39, 0.29) is 24.2 Å². The topological polar surface area (TPSA) is 135 Å². The Bertz CT molecular complexity index is 1290. The molecular formula is C21H19BrN6O5. The van der Waals surface area contributed by atoms with E-state index in [0.29, 0.717) is 27.0 Å². The van der Waals surface area contributed by atoms with Crippen LogP contribution in [0.15, 0.2) is 35.3 Å². The van der Waals surface area contributed by atoms with Crippen LogP contribution < -0.4 is 5.73 Å². The number of nitrogen functional groups attached to an aromatic ring is 1. The van der Waals surface area contributed by atoms with Crippen LogP contribution in [-0.4, -0.2) is 66.9 Å². The van der Waals surface area contributed by atoms with Crippen molar-refractivity contribution in [3.63, 3.8) is 0 Å². The van der Waals surface area contributed by atoms with Crippen molar-refractivity contribution in [1.29, 1.82) is 0 Å². The van der Waals surface area contributed by atoms with Gasteiger partial charge in [-0.2, -0.15) is 0 Å². The number of aromatic nitrogens is 4. The summed E-state index contributed by atoms with van der Waals surface area (Å²) in [5.41, 5.74) is 7.62. The van der Waals surface area contributed by atoms with Crippen molar-refractivity contribution in [2.75, 3.05) is 12.3 Å². The molecule has 3 aliphatic heterocycles. The minimum atomic E-state index is -0.880. The van der Waals surface area contributed by atoms with E-state index in [1.54, 1.807) is 28.8 Å². The fourth-order valence-corrected chi connectivity index (χ4v) is 5.27. The van der Waals surface area contributed by atoms with Crippen LogP contribution in [0.4, 0.5) is 5.82 Å². The molecule has 0 unspecified atom stereocenters. The molecule has 0 bridgehead atoms. The van der Waals surface area contributed by atoms with Gasteiger partial charge in [0.2, 0.25) is 0 Å². The Hall–Kier alpha value is -2.93. The van der Waals surface area contributed by atoms with Gasteiger partial charge in [-0.05, 0) is 41.9 Å². The highest BCUT2D eigenvalue weighted by Gasteiger charge is 2.57. The van der Waals surface area contributed by atoms with E-state index in [1.165, 1.54) is 11.2 Å². The lowest BCUT2D eigenvalue weighted by molar-refractivity contribution is -0.197. The molecule has 3 aromatic rings. The molecule has 11 nitrogen and oxygen atoms in total. The van der Waals surface area contributed by atoms with E-state index in [1.807, 2.05) is 13.8 Å². The Morgan fingerprint density at radius 1 is 1.09 bits per heavy atom. The van der Waals surface area contributed by atoms with Gasteiger partial charge < -0.3 is 19.9 Å². The fraction of sp³-hybridized carbons (Fsp3) is 0.381. The summed E-state index contributed by atoms with van der Waals surface area (Å²) in [4.78, 5) is 39.8. The molecule has 6 rings (SSSR count). The van der Waals surface area contributed by atoms with Gasteiger partial charge in [0.25, 0.3) is 11.8 Å². The summed E-state index contributed by atoms with van der Waals surface area (Å²) in [5, 5.41) is 0. The van der Waals surface area contributed by atoms with Gasteiger partial charge in [-0.25, -0.2) is 15.0 Å². The van der Waals surface area contributed by atoms with Gasteiger partial charge in [0.15, 0.2) is 33.7 Å². The summed E-state index contributed by atoms with van der Waals surface area (Å²) in [6.45, 7) is 3.64. The Kier molecular flexibility index (Phi) is 4.40. The number of anilines is 1. The lowest BCUT2D eigenvalue weighted by atomic mass is 10.1. The van der Waals surface area contributed by atoms with Crippen LogP contribution in [-0.2, 0) is 14.2 Å². The van der Waals surface area contributed by atoms with Gasteiger partial charge >= 0.3 is 0 Å². The number of halogens is 1. The van der Waals surface area contributed by atoms with Crippen molar-refractivity contribution < 1.29 is 23.8 Å². The molecule has 2 aromatic heterocycles. The molecule has 4 atom stereocenters. The number of rotatable bonds is 3. The highest BCUT2D eigenvalue weighted by molar-refractivity contribution is 9.10. The quantitative estimate of drug-likeness (QED) is 0.410. The average Bonchev–Trinajstić information content (AvgIpc) is 3.45. The molecule has 0 saturated carbocycles. The second-order valence-electron chi connectivity index (χ2n) is 8.58. The summed E-state index contributed by atoms with van der Waals surface area (Å²) in [5.74, 6) is -1.35. The summed E-state index contributed by atoms with van der Waals surface area (Å²) < 4.78 is 20.8. The molecule has 2 saturated heterocycles. The van der Waals surface area contributed by atoms with Gasteiger partial charge in [0.1, 0.15) is 24.6 Å². The first-order chi connectivity index (χ1) is 15.7. The van der Waals surface area contributed by atoms with E-state index < -0.39 is 30.3 Å². The molecule has 33 heavy (non-hydrogen) atoms. The summed E-state index contributed by atoms with van der Waals surface area (Å²) in [7, 11) is 0. The summed E-state index contributed by atoms with van der Waals surface area (Å²) in [6.07, 6.45) is -1.04. The Morgan fingerprint density at radius 3 is 2.45 bits per heavy atom. The minimum Gasteiger partial charge on any atom is -0.382 e. The van der Waals surface area contributed by atoms with Crippen LogP contribution in [0.1, 0.15) is 40.8 Å². The predicted octanol–water partition coefficient (Wildman–Crippen LogP) is 1.88. The molecule has 5 heterocycles. The Balaban J connectivity index is 1.36. The standard InChI is InChI=1S/C21H19BrN6O5/c1-21(2)32-13-11(7-27-17(29)9-5-3-4-6-10(9)18(27)30)31-19(14(13)33-21)28-16-12(26-20(28)22)15(23)24-8-25-16/h3-6,8,11,13-14,19H,7H2,1-2H3,(H2,23,24,25)/t11-,13-,14-,19-/m1/s1. The van der Waals surface area contributed by atoms with Crippen molar-refractivity contribution in [1.82, 2.24) is 24.4 Å². The van der Waals surface area contributed by atoms with Gasteiger partial charge in [-0.1, -0.05) is 12.1 Å². The molecule has 0 spiro atoms. The fourth-order valence-electron chi connectivity index (χ4n) is 4.72. The number of nitrogens with two attached hydrogens (primary N) is 1. The predicted molar refractivity (Wildman–Crippen MR) is 117 cm³/mol. The van der Waals surface area contributed by atoms with E-state index in [4.69, 9.17) is 19.9 Å². The molecule has 170 valence electrons. The largest absolute Gasteiger partial charge is 0.382 e. The van der Waals surface area contributed by atoms with E-state index in [0.717, 1.165) is 0 Å². The maximum absolute atomic E-state index is 12.9. The Labute approximate surface area is 196 Å². The van der Waals surface area contributed by atoms with Crippen LogP contribution in [0, 0.1) is 0 Å². The van der Waals surface area contributed by atoms with Crippen molar-refractivity contribution in [3.05, 3.63) is 46.5 Å². The average molecular weight is 515 g/mol. The molecule has 2 amide bonds. The van der Waals surface area contributed by atoms with Crippen LogP contribution in [0.3, 0.4) is 0 Å². The molecular weight excluding hydrogens is 496 g/mol. The molecule has 0 radical (unpaired) electrons. The number of carbonyl (C=O) groups excluding carboxylic acids is 2. The third-order valence-corrected chi connectivity index (χ3v) is 6.64. The first-order valence-corrected chi connectivity index (χ1v) is 11.1. The number of carbonyl (C=O) groups is 2. The van der Waals surface area contributed by atoms with Crippen LogP contribution in [0.5, 0.6) is 0 Å². The number of nitrogens with zero attached hydrogens (tertiary/aromatic N) is 5. The molecule has 0 aliphatic carbocycles. The smallest absolute Gasteiger partial charge is 0.261 e. The van der Waals surface area contributed by atoms with E-state index in [9.17, 15) is 9.59 Å². The van der Waals surface area contributed by atoms with Crippen molar-refractivity contribution in [3.8, 4) is 0 Å². The molecule has 1 aromatic carbocycles. The molecule has 2 N–H and O–H groups in total. The van der Waals surface area contributed by atoms with E-state index >= 15 is 0 Å². The van der Waals surface area contributed by atoms with Crippen molar-refractivity contribution in [2.24, 2.45) is 0 Å². The zero-order chi connectivity index (χ0) is 23.1. The van der Waals surface area contributed by atoms with Crippen molar-refractivity contribution >= 4 is 44.7 Å². The zero-order valence-electron chi connectivity index (χ0n) is 17.6. The first kappa shape index (κ1) is 20.7. The minimum absolute atomic E-state index is 0.0187. The second-order valence-corrected chi connectivity index (χ2v) is 9.29. The van der Waals surface area contributed by atoms with Gasteiger partial charge in [0.05, 0.1) is 17.7 Å². The lowest BCUT2D eigenvalue weighted by Crippen LogP contribution is -2.42. The van der Waals surface area contributed by atoms with E-state index in [2.05, 4.69) is 30.9 Å². The number of imidazole rings is 1. The lowest BCUT2D eigenvalue weighted by Gasteiger charge is -2.26.